The van der Waals surface area contributed by atoms with Crippen LogP contribution in [0.15, 0.2) is 0 Å². The minimum atomic E-state index is 0.273. The second-order valence-electron chi connectivity index (χ2n) is 5.18. The summed E-state index contributed by atoms with van der Waals surface area (Å²) >= 11 is 0. The van der Waals surface area contributed by atoms with E-state index in [1.54, 1.807) is 0 Å². The van der Waals surface area contributed by atoms with Crippen LogP contribution in [0.3, 0.4) is 0 Å². The van der Waals surface area contributed by atoms with E-state index in [9.17, 15) is 0 Å². The number of nitrogens with one attached hydrogen (secondary N) is 2. The Bertz CT molecular complexity index is 419. The van der Waals surface area contributed by atoms with Crippen LogP contribution in [0.25, 0.3) is 0 Å². The van der Waals surface area contributed by atoms with Gasteiger partial charge in [0.05, 0.1) is 0 Å². The lowest BCUT2D eigenvalue weighted by molar-refractivity contribution is 0.268. The van der Waals surface area contributed by atoms with E-state index in [4.69, 9.17) is 0 Å². The highest BCUT2D eigenvalue weighted by Gasteiger charge is 2.35. The van der Waals surface area contributed by atoms with Crippen LogP contribution in [0.5, 0.6) is 0 Å². The molecule has 0 amide bonds. The predicted molar refractivity (Wildman–Crippen MR) is 76.2 cm³/mol. The van der Waals surface area contributed by atoms with Crippen molar-refractivity contribution in [3.63, 3.8) is 0 Å². The van der Waals surface area contributed by atoms with E-state index in [0.29, 0.717) is 0 Å². The standard InChI is InChI=1S/C14H24N4/c1-5-11-16-12(15-4)10(3)13(17-11)18-14(6-2)8-7-9-14/h5-9H2,1-4H3,(H2,15,16,17,18). The lowest BCUT2D eigenvalue weighted by atomic mass is 9.75. The third-order valence-electron chi connectivity index (χ3n) is 4.12. The zero-order valence-corrected chi connectivity index (χ0v) is 11.9. The molecule has 1 fully saturated rings. The number of rotatable bonds is 5. The van der Waals surface area contributed by atoms with Gasteiger partial charge in [-0.2, -0.15) is 0 Å². The SMILES string of the molecule is CCc1nc(NC)c(C)c(NC2(CC)CCC2)n1. The Morgan fingerprint density at radius 2 is 1.83 bits per heavy atom. The van der Waals surface area contributed by atoms with E-state index in [1.165, 1.54) is 19.3 Å². The molecule has 0 aromatic carbocycles. The molecule has 4 heteroatoms. The molecule has 1 aromatic heterocycles. The van der Waals surface area contributed by atoms with Crippen molar-refractivity contribution in [3.8, 4) is 0 Å². The van der Waals surface area contributed by atoms with Crippen LogP contribution in [-0.2, 0) is 6.42 Å². The average Bonchev–Trinajstić information content (AvgIpc) is 2.35. The van der Waals surface area contributed by atoms with Gasteiger partial charge in [0.1, 0.15) is 17.5 Å². The zero-order chi connectivity index (χ0) is 13.2. The van der Waals surface area contributed by atoms with Gasteiger partial charge in [0.2, 0.25) is 0 Å². The predicted octanol–water partition coefficient (Wildman–Crippen LogP) is 3.13. The summed E-state index contributed by atoms with van der Waals surface area (Å²) in [5.41, 5.74) is 1.39. The summed E-state index contributed by atoms with van der Waals surface area (Å²) in [5.74, 6) is 2.85. The molecule has 1 saturated carbocycles. The maximum atomic E-state index is 4.65. The molecule has 2 rings (SSSR count). The molecule has 4 nitrogen and oxygen atoms in total. The molecule has 0 unspecified atom stereocenters. The maximum Gasteiger partial charge on any atom is 0.135 e. The summed E-state index contributed by atoms with van der Waals surface area (Å²) in [5, 5.41) is 6.83. The van der Waals surface area contributed by atoms with E-state index in [-0.39, 0.29) is 5.54 Å². The van der Waals surface area contributed by atoms with Crippen molar-refractivity contribution in [2.45, 2.75) is 58.4 Å². The van der Waals surface area contributed by atoms with Crippen molar-refractivity contribution in [3.05, 3.63) is 11.4 Å². The van der Waals surface area contributed by atoms with Gasteiger partial charge >= 0.3 is 0 Å². The van der Waals surface area contributed by atoms with Gasteiger partial charge in [0, 0.05) is 24.6 Å². The molecular formula is C14H24N4. The summed E-state index contributed by atoms with van der Waals surface area (Å²) in [6, 6.07) is 0. The Morgan fingerprint density at radius 1 is 1.17 bits per heavy atom. The number of aryl methyl sites for hydroxylation is 1. The number of nitrogens with zero attached hydrogens (tertiary/aromatic N) is 2. The molecule has 0 spiro atoms. The molecule has 0 atom stereocenters. The fourth-order valence-electron chi connectivity index (χ4n) is 2.51. The maximum absolute atomic E-state index is 4.65. The first-order chi connectivity index (χ1) is 8.64. The van der Waals surface area contributed by atoms with E-state index in [2.05, 4.69) is 41.4 Å². The lowest BCUT2D eigenvalue weighted by Crippen LogP contribution is -2.44. The highest BCUT2D eigenvalue weighted by atomic mass is 15.1. The highest BCUT2D eigenvalue weighted by molar-refractivity contribution is 5.58. The van der Waals surface area contributed by atoms with E-state index < -0.39 is 0 Å². The van der Waals surface area contributed by atoms with Gasteiger partial charge in [-0.25, -0.2) is 9.97 Å². The Balaban J connectivity index is 2.31. The summed E-state index contributed by atoms with van der Waals surface area (Å²) in [4.78, 5) is 9.16. The van der Waals surface area contributed by atoms with Crippen molar-refractivity contribution in [2.75, 3.05) is 17.7 Å². The molecule has 0 saturated heterocycles. The van der Waals surface area contributed by atoms with Crippen LogP contribution in [0.4, 0.5) is 11.6 Å². The van der Waals surface area contributed by atoms with E-state index >= 15 is 0 Å². The number of anilines is 2. The van der Waals surface area contributed by atoms with Crippen LogP contribution < -0.4 is 10.6 Å². The minimum Gasteiger partial charge on any atom is -0.373 e. The number of aromatic nitrogens is 2. The minimum absolute atomic E-state index is 0.273. The second kappa shape index (κ2) is 5.12. The Morgan fingerprint density at radius 3 is 2.28 bits per heavy atom. The molecule has 1 aromatic rings. The van der Waals surface area contributed by atoms with Gasteiger partial charge in [0.15, 0.2) is 0 Å². The fraction of sp³-hybridized carbons (Fsp3) is 0.714. The molecule has 0 aliphatic heterocycles. The normalized spacial score (nSPS) is 17.1. The second-order valence-corrected chi connectivity index (χ2v) is 5.18. The summed E-state index contributed by atoms with van der Waals surface area (Å²) in [6.07, 6.45) is 5.85. The molecule has 1 heterocycles. The van der Waals surface area contributed by atoms with Gasteiger partial charge in [-0.05, 0) is 32.6 Å². The molecule has 1 aliphatic carbocycles. The van der Waals surface area contributed by atoms with Crippen molar-refractivity contribution >= 4 is 11.6 Å². The van der Waals surface area contributed by atoms with Crippen LogP contribution in [0, 0.1) is 6.92 Å². The van der Waals surface area contributed by atoms with Gasteiger partial charge in [-0.15, -0.1) is 0 Å². The topological polar surface area (TPSA) is 49.8 Å². The molecule has 18 heavy (non-hydrogen) atoms. The van der Waals surface area contributed by atoms with Crippen molar-refractivity contribution < 1.29 is 0 Å². The first-order valence-electron chi connectivity index (χ1n) is 6.97. The number of hydrogen-bond acceptors (Lipinski definition) is 4. The molecule has 0 bridgehead atoms. The van der Waals surface area contributed by atoms with Gasteiger partial charge in [0.25, 0.3) is 0 Å². The zero-order valence-electron chi connectivity index (χ0n) is 11.9. The van der Waals surface area contributed by atoms with E-state index in [1.807, 2.05) is 7.05 Å². The molecule has 1 aliphatic rings. The Hall–Kier alpha value is -1.32. The third kappa shape index (κ3) is 2.28. The molecule has 100 valence electrons. The van der Waals surface area contributed by atoms with Crippen molar-refractivity contribution in [1.82, 2.24) is 9.97 Å². The quantitative estimate of drug-likeness (QED) is 0.840. The first-order valence-corrected chi connectivity index (χ1v) is 6.97. The molecule has 0 radical (unpaired) electrons. The Kier molecular flexibility index (Phi) is 3.73. The van der Waals surface area contributed by atoms with Crippen molar-refractivity contribution in [2.24, 2.45) is 0 Å². The largest absolute Gasteiger partial charge is 0.373 e. The molecule has 2 N–H and O–H groups in total. The van der Waals surface area contributed by atoms with E-state index in [0.717, 1.165) is 35.9 Å². The smallest absolute Gasteiger partial charge is 0.135 e. The Labute approximate surface area is 110 Å². The fourth-order valence-corrected chi connectivity index (χ4v) is 2.51. The van der Waals surface area contributed by atoms with Gasteiger partial charge in [-0.1, -0.05) is 13.8 Å². The van der Waals surface area contributed by atoms with Crippen LogP contribution in [0.1, 0.15) is 50.9 Å². The average molecular weight is 248 g/mol. The van der Waals surface area contributed by atoms with Crippen molar-refractivity contribution in [1.29, 1.82) is 0 Å². The summed E-state index contributed by atoms with van der Waals surface area (Å²) < 4.78 is 0. The van der Waals surface area contributed by atoms with Crippen LogP contribution in [-0.4, -0.2) is 22.6 Å². The van der Waals surface area contributed by atoms with Crippen LogP contribution in [0.2, 0.25) is 0 Å². The van der Waals surface area contributed by atoms with Gasteiger partial charge in [-0.3, -0.25) is 0 Å². The summed E-state index contributed by atoms with van der Waals surface area (Å²) in [6.45, 7) is 6.42. The third-order valence-corrected chi connectivity index (χ3v) is 4.12. The monoisotopic (exact) mass is 248 g/mol. The highest BCUT2D eigenvalue weighted by Crippen LogP contribution is 2.38. The first kappa shape index (κ1) is 13.1. The lowest BCUT2D eigenvalue weighted by Gasteiger charge is -2.42. The van der Waals surface area contributed by atoms with Gasteiger partial charge < -0.3 is 10.6 Å². The number of hydrogen-bond donors (Lipinski definition) is 2. The molecular weight excluding hydrogens is 224 g/mol. The van der Waals surface area contributed by atoms with Crippen LogP contribution >= 0.6 is 0 Å². The summed E-state index contributed by atoms with van der Waals surface area (Å²) in [7, 11) is 1.91.